The molecule has 2 aliphatic carbocycles. The van der Waals surface area contributed by atoms with Gasteiger partial charge in [-0.15, -0.1) is 10.2 Å². The number of hydrogen-bond acceptors (Lipinski definition) is 4. The molecule has 8 nitrogen and oxygen atoms in total. The van der Waals surface area contributed by atoms with E-state index in [-0.39, 0.29) is 11.0 Å². The minimum atomic E-state index is -0.173. The molecule has 4 heterocycles. The van der Waals surface area contributed by atoms with E-state index in [0.29, 0.717) is 17.4 Å². The van der Waals surface area contributed by atoms with E-state index in [1.807, 2.05) is 41.7 Å². The van der Waals surface area contributed by atoms with Crippen LogP contribution in [0, 0.1) is 5.92 Å². The largest absolute Gasteiger partial charge is 0.350 e. The predicted molar refractivity (Wildman–Crippen MR) is 138 cm³/mol. The van der Waals surface area contributed by atoms with Crippen molar-refractivity contribution in [3.05, 3.63) is 82.6 Å². The Morgan fingerprint density at radius 1 is 1.11 bits per heavy atom. The zero-order valence-electron chi connectivity index (χ0n) is 20.8. The SMILES string of the molecule is CC1CC(c2cccc(-n3cc(C4CC4)c4cc(-c5cnn(C)c5)[nH]c4c3=O)c2)(c2nncn2C)C1. The average molecular weight is 480 g/mol. The van der Waals surface area contributed by atoms with Gasteiger partial charge in [-0.25, -0.2) is 0 Å². The predicted octanol–water partition coefficient (Wildman–Crippen LogP) is 4.44. The van der Waals surface area contributed by atoms with Crippen molar-refractivity contribution in [2.24, 2.45) is 20.0 Å². The summed E-state index contributed by atoms with van der Waals surface area (Å²) in [5.74, 6) is 2.11. The van der Waals surface area contributed by atoms with E-state index in [2.05, 4.69) is 57.7 Å². The fraction of sp³-hybridized carbons (Fsp3) is 0.357. The summed E-state index contributed by atoms with van der Waals surface area (Å²) in [5, 5.41) is 14.0. The van der Waals surface area contributed by atoms with E-state index in [9.17, 15) is 4.79 Å². The van der Waals surface area contributed by atoms with E-state index >= 15 is 0 Å². The molecule has 0 bridgehead atoms. The molecule has 0 amide bonds. The third-order valence-corrected chi connectivity index (χ3v) is 8.07. The van der Waals surface area contributed by atoms with Gasteiger partial charge in [0.15, 0.2) is 0 Å². The Bertz CT molecular complexity index is 1670. The Hall–Kier alpha value is -3.94. The van der Waals surface area contributed by atoms with Crippen molar-refractivity contribution in [1.82, 2.24) is 34.1 Å². The summed E-state index contributed by atoms with van der Waals surface area (Å²) in [5.41, 5.74) is 5.67. The number of hydrogen-bond donors (Lipinski definition) is 1. The fourth-order valence-corrected chi connectivity index (χ4v) is 6.21. The highest BCUT2D eigenvalue weighted by Crippen LogP contribution is 2.51. The molecule has 0 unspecified atom stereocenters. The van der Waals surface area contributed by atoms with Crippen molar-refractivity contribution in [3.8, 4) is 16.9 Å². The summed E-state index contributed by atoms with van der Waals surface area (Å²) in [6.45, 7) is 2.28. The third-order valence-electron chi connectivity index (χ3n) is 8.07. The molecule has 4 aromatic heterocycles. The maximum atomic E-state index is 13.8. The number of fused-ring (bicyclic) bond motifs is 1. The molecule has 2 saturated carbocycles. The summed E-state index contributed by atoms with van der Waals surface area (Å²) >= 11 is 0. The quantitative estimate of drug-likeness (QED) is 0.404. The van der Waals surface area contributed by atoms with Crippen LogP contribution in [0.5, 0.6) is 0 Å². The Balaban J connectivity index is 1.39. The van der Waals surface area contributed by atoms with Crippen molar-refractivity contribution in [1.29, 1.82) is 0 Å². The summed E-state index contributed by atoms with van der Waals surface area (Å²) < 4.78 is 5.64. The standard InChI is InChI=1S/C28H29N7O/c1-17-11-28(12-17,27-32-29-16-33(27)2)20-5-4-6-21(9-20)35-15-23(18-7-8-18)22-10-24(31-25(22)26(35)36)19-13-30-34(3)14-19/h4-6,9-10,13-18,31H,7-8,11-12H2,1-3H3. The number of rotatable bonds is 5. The number of aromatic nitrogens is 7. The van der Waals surface area contributed by atoms with Crippen LogP contribution in [0.2, 0.25) is 0 Å². The lowest BCUT2D eigenvalue weighted by molar-refractivity contribution is 0.185. The van der Waals surface area contributed by atoms with Gasteiger partial charge in [0.25, 0.3) is 5.56 Å². The number of pyridine rings is 1. The number of nitrogens with one attached hydrogen (secondary N) is 1. The summed E-state index contributed by atoms with van der Waals surface area (Å²) in [4.78, 5) is 17.3. The van der Waals surface area contributed by atoms with E-state index in [4.69, 9.17) is 0 Å². The van der Waals surface area contributed by atoms with Crippen LogP contribution in [0.25, 0.3) is 27.8 Å². The molecule has 7 rings (SSSR count). The van der Waals surface area contributed by atoms with Gasteiger partial charge in [0.2, 0.25) is 0 Å². The van der Waals surface area contributed by atoms with Gasteiger partial charge in [-0.2, -0.15) is 5.10 Å². The molecule has 1 N–H and O–H groups in total. The number of benzene rings is 1. The molecule has 0 radical (unpaired) electrons. The van der Waals surface area contributed by atoms with E-state index in [0.717, 1.165) is 53.8 Å². The molecule has 8 heteroatoms. The zero-order chi connectivity index (χ0) is 24.6. The van der Waals surface area contributed by atoms with E-state index < -0.39 is 0 Å². The smallest absolute Gasteiger partial charge is 0.279 e. The van der Waals surface area contributed by atoms with Crippen molar-refractivity contribution in [2.75, 3.05) is 0 Å². The second-order valence-electron chi connectivity index (χ2n) is 10.8. The minimum absolute atomic E-state index is 0.0311. The van der Waals surface area contributed by atoms with Gasteiger partial charge in [0.05, 0.1) is 11.6 Å². The van der Waals surface area contributed by atoms with Gasteiger partial charge in [0, 0.05) is 48.8 Å². The summed E-state index contributed by atoms with van der Waals surface area (Å²) in [6.07, 6.45) is 12.0. The van der Waals surface area contributed by atoms with Crippen LogP contribution in [0.1, 0.15) is 55.5 Å². The molecule has 0 aliphatic heterocycles. The Morgan fingerprint density at radius 3 is 2.61 bits per heavy atom. The first-order chi connectivity index (χ1) is 17.4. The second-order valence-corrected chi connectivity index (χ2v) is 10.8. The van der Waals surface area contributed by atoms with Gasteiger partial charge in [-0.05, 0) is 66.8 Å². The monoisotopic (exact) mass is 479 g/mol. The molecule has 36 heavy (non-hydrogen) atoms. The maximum absolute atomic E-state index is 13.8. The summed E-state index contributed by atoms with van der Waals surface area (Å²) in [6, 6.07) is 10.6. The van der Waals surface area contributed by atoms with Crippen LogP contribution in [-0.4, -0.2) is 34.1 Å². The zero-order valence-corrected chi connectivity index (χ0v) is 20.8. The van der Waals surface area contributed by atoms with Gasteiger partial charge in [-0.1, -0.05) is 19.1 Å². The van der Waals surface area contributed by atoms with Gasteiger partial charge in [-0.3, -0.25) is 14.0 Å². The highest BCUT2D eigenvalue weighted by molar-refractivity contribution is 5.88. The first kappa shape index (κ1) is 21.4. The Labute approximate surface area is 208 Å². The van der Waals surface area contributed by atoms with Crippen LogP contribution < -0.4 is 5.56 Å². The van der Waals surface area contributed by atoms with Crippen molar-refractivity contribution >= 4 is 10.9 Å². The average Bonchev–Trinajstić information content (AvgIpc) is 3.21. The number of H-pyrrole nitrogens is 1. The van der Waals surface area contributed by atoms with Crippen LogP contribution in [0.15, 0.2) is 60.0 Å². The number of aromatic amines is 1. The lowest BCUT2D eigenvalue weighted by Crippen LogP contribution is -2.43. The van der Waals surface area contributed by atoms with Gasteiger partial charge in [0.1, 0.15) is 17.7 Å². The van der Waals surface area contributed by atoms with Gasteiger partial charge < -0.3 is 9.55 Å². The molecule has 1 aromatic carbocycles. The molecule has 2 aliphatic rings. The van der Waals surface area contributed by atoms with E-state index in [1.165, 1.54) is 11.1 Å². The van der Waals surface area contributed by atoms with Crippen molar-refractivity contribution in [3.63, 3.8) is 0 Å². The topological polar surface area (TPSA) is 86.3 Å². The third kappa shape index (κ3) is 3.13. The minimum Gasteiger partial charge on any atom is -0.350 e. The molecular weight excluding hydrogens is 450 g/mol. The maximum Gasteiger partial charge on any atom is 0.279 e. The van der Waals surface area contributed by atoms with Crippen LogP contribution in [-0.2, 0) is 19.5 Å². The molecular formula is C28H29N7O. The van der Waals surface area contributed by atoms with Crippen LogP contribution >= 0.6 is 0 Å². The van der Waals surface area contributed by atoms with Crippen LogP contribution in [0.4, 0.5) is 0 Å². The highest BCUT2D eigenvalue weighted by Gasteiger charge is 2.48. The number of aryl methyl sites for hydroxylation is 2. The van der Waals surface area contributed by atoms with Gasteiger partial charge >= 0.3 is 0 Å². The normalized spacial score (nSPS) is 21.7. The molecule has 0 spiro atoms. The highest BCUT2D eigenvalue weighted by atomic mass is 16.1. The van der Waals surface area contributed by atoms with Crippen molar-refractivity contribution in [2.45, 2.75) is 43.9 Å². The molecule has 0 atom stereocenters. The first-order valence-corrected chi connectivity index (χ1v) is 12.7. The van der Waals surface area contributed by atoms with Crippen LogP contribution in [0.3, 0.4) is 0 Å². The Morgan fingerprint density at radius 2 is 1.94 bits per heavy atom. The Kier molecular flexibility index (Phi) is 4.46. The fourth-order valence-electron chi connectivity index (χ4n) is 6.21. The molecule has 2 fully saturated rings. The molecule has 0 saturated heterocycles. The lowest BCUT2D eigenvalue weighted by Gasteiger charge is -2.46. The molecule has 5 aromatic rings. The number of nitrogens with zero attached hydrogens (tertiary/aromatic N) is 6. The summed E-state index contributed by atoms with van der Waals surface area (Å²) in [7, 11) is 3.91. The van der Waals surface area contributed by atoms with E-state index in [1.54, 1.807) is 11.0 Å². The lowest BCUT2D eigenvalue weighted by atomic mass is 9.58. The molecule has 182 valence electrons. The first-order valence-electron chi connectivity index (χ1n) is 12.7. The second kappa shape index (κ2) is 7.53. The van der Waals surface area contributed by atoms with Crippen molar-refractivity contribution < 1.29 is 0 Å².